The maximum Gasteiger partial charge on any atom is 0.231 e. The van der Waals surface area contributed by atoms with Crippen molar-refractivity contribution in [3.63, 3.8) is 0 Å². The number of halogens is 1. The molecule has 1 aromatic carbocycles. The topological polar surface area (TPSA) is 55.4 Å². The van der Waals surface area contributed by atoms with Crippen molar-refractivity contribution in [3.8, 4) is 5.75 Å². The van der Waals surface area contributed by atoms with Gasteiger partial charge in [-0.05, 0) is 18.2 Å². The highest BCUT2D eigenvalue weighted by Gasteiger charge is 2.30. The summed E-state index contributed by atoms with van der Waals surface area (Å²) in [5.74, 6) is 0.891. The van der Waals surface area contributed by atoms with Gasteiger partial charge in [0.05, 0.1) is 0 Å². The summed E-state index contributed by atoms with van der Waals surface area (Å²) in [6, 6.07) is 5.65. The quantitative estimate of drug-likeness (QED) is 0.907. The Morgan fingerprint density at radius 2 is 2.39 bits per heavy atom. The first-order chi connectivity index (χ1) is 8.58. The van der Waals surface area contributed by atoms with Crippen LogP contribution in [0.25, 0.3) is 0 Å². The molecule has 0 aromatic heterocycles. The first kappa shape index (κ1) is 13.5. The van der Waals surface area contributed by atoms with Crippen molar-refractivity contribution in [2.75, 3.05) is 25.2 Å². The molecule has 0 spiro atoms. The second kappa shape index (κ2) is 5.84. The molecule has 6 heteroatoms. The van der Waals surface area contributed by atoms with Crippen molar-refractivity contribution in [2.45, 2.75) is 5.92 Å². The van der Waals surface area contributed by atoms with Crippen LogP contribution < -0.4 is 10.1 Å². The van der Waals surface area contributed by atoms with Gasteiger partial charge in [-0.2, -0.15) is 0 Å². The minimum Gasteiger partial charge on any atom is -0.492 e. The lowest BCUT2D eigenvalue weighted by Crippen LogP contribution is -2.32. The Bertz CT molecular complexity index is 492. The summed E-state index contributed by atoms with van der Waals surface area (Å²) in [7, 11) is -0.886. The van der Waals surface area contributed by atoms with Crippen molar-refractivity contribution in [1.29, 1.82) is 0 Å². The zero-order valence-electron chi connectivity index (χ0n) is 9.94. The van der Waals surface area contributed by atoms with Crippen LogP contribution in [0.2, 0.25) is 0 Å². The Labute approximate surface area is 117 Å². The van der Waals surface area contributed by atoms with Gasteiger partial charge in [-0.1, -0.05) is 15.9 Å². The maximum atomic E-state index is 12.0. The van der Waals surface area contributed by atoms with Crippen LogP contribution in [0.3, 0.4) is 0 Å². The molecule has 1 aliphatic heterocycles. The summed E-state index contributed by atoms with van der Waals surface area (Å²) in [5, 5.41) is 2.79. The smallest absolute Gasteiger partial charge is 0.231 e. The molecule has 1 heterocycles. The van der Waals surface area contributed by atoms with Gasteiger partial charge >= 0.3 is 0 Å². The van der Waals surface area contributed by atoms with Crippen LogP contribution in [0.5, 0.6) is 5.75 Å². The monoisotopic (exact) mass is 331 g/mol. The standard InChI is InChI=1S/C12H14BrNO3S/c1-18(16)5-4-14-12(15)10-7-17-11-3-2-8(13)6-9(10)11/h2-3,6,10H,4-5,7H2,1H3,(H,14,15). The third kappa shape index (κ3) is 3.11. The number of benzene rings is 1. The van der Waals surface area contributed by atoms with E-state index in [1.54, 1.807) is 6.26 Å². The van der Waals surface area contributed by atoms with Crippen LogP contribution in [-0.4, -0.2) is 35.3 Å². The SMILES string of the molecule is CS(=O)CCNC(=O)C1COc2ccc(Br)cc21. The summed E-state index contributed by atoms with van der Waals surface area (Å²) in [4.78, 5) is 12.0. The third-order valence-corrected chi connectivity index (χ3v) is 4.03. The van der Waals surface area contributed by atoms with Crippen molar-refractivity contribution < 1.29 is 13.7 Å². The minimum atomic E-state index is -0.886. The molecule has 4 nitrogen and oxygen atoms in total. The van der Waals surface area contributed by atoms with E-state index in [0.29, 0.717) is 18.9 Å². The first-order valence-electron chi connectivity index (χ1n) is 5.58. The highest BCUT2D eigenvalue weighted by Crippen LogP contribution is 2.35. The molecule has 1 aromatic rings. The predicted octanol–water partition coefficient (Wildman–Crippen LogP) is 1.42. The molecule has 1 amide bonds. The van der Waals surface area contributed by atoms with E-state index in [1.807, 2.05) is 18.2 Å². The van der Waals surface area contributed by atoms with Gasteiger partial charge in [-0.15, -0.1) is 0 Å². The van der Waals surface area contributed by atoms with Crippen molar-refractivity contribution in [1.82, 2.24) is 5.32 Å². The van der Waals surface area contributed by atoms with E-state index in [1.165, 1.54) is 0 Å². The number of hydrogen-bond acceptors (Lipinski definition) is 3. The van der Waals surface area contributed by atoms with E-state index in [4.69, 9.17) is 4.74 Å². The fourth-order valence-electron chi connectivity index (χ4n) is 1.84. The fraction of sp³-hybridized carbons (Fsp3) is 0.417. The molecule has 1 N–H and O–H groups in total. The second-order valence-electron chi connectivity index (χ2n) is 4.11. The zero-order valence-corrected chi connectivity index (χ0v) is 12.3. The van der Waals surface area contributed by atoms with E-state index in [2.05, 4.69) is 21.2 Å². The normalized spacial score (nSPS) is 18.9. The molecule has 0 saturated carbocycles. The highest BCUT2D eigenvalue weighted by molar-refractivity contribution is 9.10. The van der Waals surface area contributed by atoms with Gasteiger partial charge in [0.2, 0.25) is 5.91 Å². The molecule has 2 rings (SSSR count). The van der Waals surface area contributed by atoms with Gasteiger partial charge < -0.3 is 10.1 Å². The summed E-state index contributed by atoms with van der Waals surface area (Å²) in [5.41, 5.74) is 0.902. The predicted molar refractivity (Wildman–Crippen MR) is 74.3 cm³/mol. The molecule has 0 bridgehead atoms. The average Bonchev–Trinajstić information content (AvgIpc) is 2.71. The Balaban J connectivity index is 2.02. The van der Waals surface area contributed by atoms with E-state index < -0.39 is 10.8 Å². The molecule has 1 aliphatic rings. The Hall–Kier alpha value is -0.880. The summed E-state index contributed by atoms with van der Waals surface area (Å²) >= 11 is 3.39. The van der Waals surface area contributed by atoms with Crippen molar-refractivity contribution in [3.05, 3.63) is 28.2 Å². The van der Waals surface area contributed by atoms with Gasteiger partial charge in [-0.3, -0.25) is 9.00 Å². The van der Waals surface area contributed by atoms with Gasteiger partial charge in [0.25, 0.3) is 0 Å². The minimum absolute atomic E-state index is 0.0719. The van der Waals surface area contributed by atoms with Crippen LogP contribution in [0.15, 0.2) is 22.7 Å². The number of fused-ring (bicyclic) bond motifs is 1. The van der Waals surface area contributed by atoms with Gasteiger partial charge in [0, 0.05) is 39.4 Å². The van der Waals surface area contributed by atoms with Crippen LogP contribution in [0.4, 0.5) is 0 Å². The van der Waals surface area contributed by atoms with Crippen molar-refractivity contribution in [2.24, 2.45) is 0 Å². The van der Waals surface area contributed by atoms with E-state index in [0.717, 1.165) is 15.8 Å². The third-order valence-electron chi connectivity index (χ3n) is 2.76. The van der Waals surface area contributed by atoms with Crippen LogP contribution in [0.1, 0.15) is 11.5 Å². The van der Waals surface area contributed by atoms with Crippen molar-refractivity contribution >= 4 is 32.6 Å². The van der Waals surface area contributed by atoms with Crippen LogP contribution in [-0.2, 0) is 15.6 Å². The van der Waals surface area contributed by atoms with E-state index in [-0.39, 0.29) is 11.8 Å². The van der Waals surface area contributed by atoms with Crippen LogP contribution in [0, 0.1) is 0 Å². The number of amides is 1. The maximum absolute atomic E-state index is 12.0. The Kier molecular flexibility index (Phi) is 4.40. The van der Waals surface area contributed by atoms with Crippen LogP contribution >= 0.6 is 15.9 Å². The summed E-state index contributed by atoms with van der Waals surface area (Å²) < 4.78 is 17.3. The fourth-order valence-corrected chi connectivity index (χ4v) is 2.61. The Morgan fingerprint density at radius 3 is 3.11 bits per heavy atom. The molecule has 98 valence electrons. The zero-order chi connectivity index (χ0) is 13.1. The first-order valence-corrected chi connectivity index (χ1v) is 8.10. The largest absolute Gasteiger partial charge is 0.492 e. The Morgan fingerprint density at radius 1 is 1.61 bits per heavy atom. The summed E-state index contributed by atoms with van der Waals surface area (Å²) in [6.45, 7) is 0.800. The molecule has 0 fully saturated rings. The number of ether oxygens (including phenoxy) is 1. The van der Waals surface area contributed by atoms with Gasteiger partial charge in [0.15, 0.2) is 0 Å². The molecule has 0 aliphatic carbocycles. The number of hydrogen-bond donors (Lipinski definition) is 1. The molecule has 2 atom stereocenters. The summed E-state index contributed by atoms with van der Waals surface area (Å²) in [6.07, 6.45) is 1.62. The molecule has 18 heavy (non-hydrogen) atoms. The van der Waals surface area contributed by atoms with Gasteiger partial charge in [0.1, 0.15) is 18.3 Å². The molecule has 2 unspecified atom stereocenters. The number of nitrogens with one attached hydrogen (secondary N) is 1. The average molecular weight is 332 g/mol. The molecular formula is C12H14BrNO3S. The van der Waals surface area contributed by atoms with Gasteiger partial charge in [-0.25, -0.2) is 0 Å². The number of carbonyl (C=O) groups is 1. The second-order valence-corrected chi connectivity index (χ2v) is 6.58. The van der Waals surface area contributed by atoms with E-state index in [9.17, 15) is 9.00 Å². The lowest BCUT2D eigenvalue weighted by atomic mass is 10.0. The lowest BCUT2D eigenvalue weighted by molar-refractivity contribution is -0.122. The molecular weight excluding hydrogens is 318 g/mol. The highest BCUT2D eigenvalue weighted by atomic mass is 79.9. The molecule has 0 radical (unpaired) electrons. The number of rotatable bonds is 4. The molecule has 0 saturated heterocycles. The lowest BCUT2D eigenvalue weighted by Gasteiger charge is -2.09. The van der Waals surface area contributed by atoms with E-state index >= 15 is 0 Å². The number of carbonyl (C=O) groups excluding carboxylic acids is 1.